The van der Waals surface area contributed by atoms with Gasteiger partial charge in [-0.25, -0.2) is 4.79 Å². The number of benzene rings is 1. The molecule has 92 valence electrons. The Labute approximate surface area is 105 Å². The quantitative estimate of drug-likeness (QED) is 0.513. The number of halogens is 1. The van der Waals surface area contributed by atoms with Crippen molar-refractivity contribution < 1.29 is 19.4 Å². The van der Waals surface area contributed by atoms with E-state index in [2.05, 4.69) is 0 Å². The summed E-state index contributed by atoms with van der Waals surface area (Å²) in [5.74, 6) is -0.925. The Kier molecular flexibility index (Phi) is 5.99. The van der Waals surface area contributed by atoms with Crippen molar-refractivity contribution in [1.29, 1.82) is 0 Å². The van der Waals surface area contributed by atoms with Crippen LogP contribution in [-0.4, -0.2) is 17.0 Å². The summed E-state index contributed by atoms with van der Waals surface area (Å²) in [6, 6.07) is 6.64. The number of ether oxygens (including phenoxy) is 1. The van der Waals surface area contributed by atoms with Gasteiger partial charge in [-0.1, -0.05) is 12.1 Å². The van der Waals surface area contributed by atoms with Gasteiger partial charge in [0.25, 0.3) is 0 Å². The van der Waals surface area contributed by atoms with Gasteiger partial charge in [0.2, 0.25) is 0 Å². The number of carbonyl (C=O) groups excluding carboxylic acids is 1. The molecule has 0 bridgehead atoms. The van der Waals surface area contributed by atoms with Crippen LogP contribution in [-0.2, 0) is 9.59 Å². The van der Waals surface area contributed by atoms with Crippen LogP contribution in [0.5, 0.6) is 5.75 Å². The Morgan fingerprint density at radius 3 is 2.12 bits per heavy atom. The van der Waals surface area contributed by atoms with Crippen molar-refractivity contribution in [2.75, 3.05) is 0 Å². The standard InChI is InChI=1S/C12H12O4.ClH/c1-8(7-12(14)15)10-3-5-11(6-4-10)16-9(2)13;/h3-7H,1-2H3,(H,14,15);1H. The summed E-state index contributed by atoms with van der Waals surface area (Å²) in [4.78, 5) is 21.1. The van der Waals surface area contributed by atoms with Crippen LogP contribution in [0.4, 0.5) is 0 Å². The van der Waals surface area contributed by atoms with Crippen molar-refractivity contribution in [1.82, 2.24) is 0 Å². The minimum atomic E-state index is -0.985. The fourth-order valence-electron chi connectivity index (χ4n) is 1.22. The molecule has 4 nitrogen and oxygen atoms in total. The van der Waals surface area contributed by atoms with Crippen LogP contribution in [0.2, 0.25) is 0 Å². The third kappa shape index (κ3) is 5.17. The van der Waals surface area contributed by atoms with Crippen LogP contribution in [0.15, 0.2) is 30.3 Å². The number of carboxylic acid groups (broad SMARTS) is 1. The molecule has 0 aromatic heterocycles. The highest BCUT2D eigenvalue weighted by molar-refractivity contribution is 5.89. The maximum absolute atomic E-state index is 10.7. The number of hydrogen-bond donors (Lipinski definition) is 1. The van der Waals surface area contributed by atoms with Gasteiger partial charge in [0, 0.05) is 13.0 Å². The van der Waals surface area contributed by atoms with E-state index in [4.69, 9.17) is 9.84 Å². The van der Waals surface area contributed by atoms with E-state index < -0.39 is 5.97 Å². The highest BCUT2D eigenvalue weighted by Crippen LogP contribution is 2.18. The Balaban J connectivity index is 0.00000256. The predicted molar refractivity (Wildman–Crippen MR) is 66.3 cm³/mol. The summed E-state index contributed by atoms with van der Waals surface area (Å²) in [5, 5.41) is 8.57. The maximum atomic E-state index is 10.7. The lowest BCUT2D eigenvalue weighted by atomic mass is 10.1. The molecule has 0 spiro atoms. The Bertz CT molecular complexity index is 434. The van der Waals surface area contributed by atoms with Crippen LogP contribution in [0.3, 0.4) is 0 Å². The number of rotatable bonds is 3. The first-order valence-electron chi connectivity index (χ1n) is 4.69. The van der Waals surface area contributed by atoms with Crippen molar-refractivity contribution in [2.45, 2.75) is 13.8 Å². The van der Waals surface area contributed by atoms with Gasteiger partial charge in [-0.15, -0.1) is 12.4 Å². The van der Waals surface area contributed by atoms with Gasteiger partial charge >= 0.3 is 11.9 Å². The fourth-order valence-corrected chi connectivity index (χ4v) is 1.22. The highest BCUT2D eigenvalue weighted by Gasteiger charge is 2.01. The molecule has 0 atom stereocenters. The number of hydrogen-bond acceptors (Lipinski definition) is 3. The van der Waals surface area contributed by atoms with E-state index in [1.165, 1.54) is 6.92 Å². The van der Waals surface area contributed by atoms with Gasteiger partial charge in [0.05, 0.1) is 0 Å². The summed E-state index contributed by atoms with van der Waals surface area (Å²) >= 11 is 0. The maximum Gasteiger partial charge on any atom is 0.328 e. The van der Waals surface area contributed by atoms with Gasteiger partial charge in [-0.3, -0.25) is 4.79 Å². The molecule has 0 saturated heterocycles. The zero-order chi connectivity index (χ0) is 12.1. The summed E-state index contributed by atoms with van der Waals surface area (Å²) in [5.41, 5.74) is 1.42. The summed E-state index contributed by atoms with van der Waals surface area (Å²) in [6.45, 7) is 3.03. The average Bonchev–Trinajstić information content (AvgIpc) is 2.16. The van der Waals surface area contributed by atoms with Gasteiger partial charge in [0.15, 0.2) is 0 Å². The Morgan fingerprint density at radius 2 is 1.71 bits per heavy atom. The summed E-state index contributed by atoms with van der Waals surface area (Å²) in [7, 11) is 0. The molecule has 0 aliphatic carbocycles. The molecule has 0 aliphatic heterocycles. The Morgan fingerprint density at radius 1 is 1.18 bits per heavy atom. The minimum Gasteiger partial charge on any atom is -0.478 e. The first-order valence-corrected chi connectivity index (χ1v) is 4.69. The van der Waals surface area contributed by atoms with Gasteiger partial charge in [-0.05, 0) is 30.2 Å². The van der Waals surface area contributed by atoms with Crippen molar-refractivity contribution in [3.8, 4) is 5.75 Å². The molecule has 17 heavy (non-hydrogen) atoms. The average molecular weight is 257 g/mol. The molecule has 0 unspecified atom stereocenters. The van der Waals surface area contributed by atoms with E-state index >= 15 is 0 Å². The lowest BCUT2D eigenvalue weighted by Crippen LogP contribution is -2.01. The number of esters is 1. The van der Waals surface area contributed by atoms with Gasteiger partial charge in [-0.2, -0.15) is 0 Å². The smallest absolute Gasteiger partial charge is 0.328 e. The molecular weight excluding hydrogens is 244 g/mol. The van der Waals surface area contributed by atoms with Gasteiger partial charge < -0.3 is 9.84 Å². The molecule has 0 fully saturated rings. The van der Waals surface area contributed by atoms with E-state index in [1.807, 2.05) is 0 Å². The number of allylic oxidation sites excluding steroid dienone is 1. The number of aliphatic carboxylic acids is 1. The van der Waals surface area contributed by atoms with Gasteiger partial charge in [0.1, 0.15) is 5.75 Å². The zero-order valence-electron chi connectivity index (χ0n) is 9.47. The van der Waals surface area contributed by atoms with Crippen LogP contribution in [0, 0.1) is 0 Å². The van der Waals surface area contributed by atoms with E-state index in [-0.39, 0.29) is 18.4 Å². The summed E-state index contributed by atoms with van der Waals surface area (Å²) in [6.07, 6.45) is 1.13. The van der Waals surface area contributed by atoms with Crippen molar-refractivity contribution >= 4 is 29.9 Å². The normalized spacial score (nSPS) is 10.4. The molecule has 0 heterocycles. The minimum absolute atomic E-state index is 0. The zero-order valence-corrected chi connectivity index (χ0v) is 10.3. The van der Waals surface area contributed by atoms with Crippen LogP contribution >= 0.6 is 12.4 Å². The molecule has 1 aromatic rings. The molecule has 1 rings (SSSR count). The SMILES string of the molecule is CC(=O)Oc1ccc(C(C)=CC(=O)O)cc1.Cl. The predicted octanol–water partition coefficient (Wildman–Crippen LogP) is 2.52. The second kappa shape index (κ2) is 6.70. The van der Waals surface area contributed by atoms with Crippen LogP contribution < -0.4 is 4.74 Å². The van der Waals surface area contributed by atoms with E-state index in [9.17, 15) is 9.59 Å². The summed E-state index contributed by atoms with van der Waals surface area (Å²) < 4.78 is 4.86. The first-order chi connectivity index (χ1) is 7.49. The number of carbonyl (C=O) groups is 2. The monoisotopic (exact) mass is 256 g/mol. The molecule has 0 amide bonds. The first kappa shape index (κ1) is 15.2. The lowest BCUT2D eigenvalue weighted by Gasteiger charge is -2.03. The molecule has 0 aliphatic rings. The van der Waals surface area contributed by atoms with E-state index in [0.717, 1.165) is 11.6 Å². The largest absolute Gasteiger partial charge is 0.478 e. The molecule has 0 saturated carbocycles. The van der Waals surface area contributed by atoms with Crippen LogP contribution in [0.25, 0.3) is 5.57 Å². The second-order valence-electron chi connectivity index (χ2n) is 3.28. The second-order valence-corrected chi connectivity index (χ2v) is 3.28. The van der Waals surface area contributed by atoms with Crippen molar-refractivity contribution in [3.63, 3.8) is 0 Å². The Hall–Kier alpha value is -1.81. The molecule has 1 N–H and O–H groups in total. The third-order valence-corrected chi connectivity index (χ3v) is 1.91. The lowest BCUT2D eigenvalue weighted by molar-refractivity contribution is -0.132. The molecule has 0 radical (unpaired) electrons. The fraction of sp³-hybridized carbons (Fsp3) is 0.167. The van der Waals surface area contributed by atoms with E-state index in [0.29, 0.717) is 11.3 Å². The van der Waals surface area contributed by atoms with Crippen molar-refractivity contribution in [2.24, 2.45) is 0 Å². The van der Waals surface area contributed by atoms with Crippen molar-refractivity contribution in [3.05, 3.63) is 35.9 Å². The van der Waals surface area contributed by atoms with E-state index in [1.54, 1.807) is 31.2 Å². The third-order valence-electron chi connectivity index (χ3n) is 1.91. The van der Waals surface area contributed by atoms with Crippen LogP contribution in [0.1, 0.15) is 19.4 Å². The molecule has 1 aromatic carbocycles. The molecular formula is C12H13ClO4. The topological polar surface area (TPSA) is 63.6 Å². The number of carboxylic acids is 1. The highest BCUT2D eigenvalue weighted by atomic mass is 35.5. The molecule has 5 heteroatoms.